The highest BCUT2D eigenvalue weighted by Gasteiger charge is 2.29. The van der Waals surface area contributed by atoms with Crippen LogP contribution in [0.1, 0.15) is 74.0 Å². The van der Waals surface area contributed by atoms with Crippen LogP contribution in [0.5, 0.6) is 0 Å². The van der Waals surface area contributed by atoms with Gasteiger partial charge in [0.25, 0.3) is 0 Å². The van der Waals surface area contributed by atoms with E-state index < -0.39 is 5.97 Å². The summed E-state index contributed by atoms with van der Waals surface area (Å²) in [6.07, 6.45) is 6.07. The minimum absolute atomic E-state index is 0.347. The fourth-order valence-corrected chi connectivity index (χ4v) is 5.29. The summed E-state index contributed by atoms with van der Waals surface area (Å²) in [7, 11) is 0. The van der Waals surface area contributed by atoms with Crippen LogP contribution >= 0.6 is 0 Å². The van der Waals surface area contributed by atoms with Crippen LogP contribution in [0.15, 0.2) is 54.6 Å². The SMILES string of the molecule is C[C@@H]1CN(Cc2ccc(C3=CCC(C)(C)CC3)cc2)C[C@H](C)N1Cc1ccc(C(=O)O)cc1. The van der Waals surface area contributed by atoms with Crippen molar-refractivity contribution in [2.75, 3.05) is 13.1 Å². The van der Waals surface area contributed by atoms with Crippen molar-refractivity contribution in [1.29, 1.82) is 0 Å². The lowest BCUT2D eigenvalue weighted by Crippen LogP contribution is -2.55. The predicted molar refractivity (Wildman–Crippen MR) is 135 cm³/mol. The van der Waals surface area contributed by atoms with Gasteiger partial charge in [-0.05, 0) is 72.9 Å². The van der Waals surface area contributed by atoms with Crippen molar-refractivity contribution in [1.82, 2.24) is 9.80 Å². The normalized spacial score (nSPS) is 23.8. The van der Waals surface area contributed by atoms with E-state index in [1.807, 2.05) is 12.1 Å². The first-order chi connectivity index (χ1) is 15.7. The van der Waals surface area contributed by atoms with Crippen LogP contribution in [0, 0.1) is 5.41 Å². The van der Waals surface area contributed by atoms with Gasteiger partial charge in [-0.25, -0.2) is 4.79 Å². The number of piperazine rings is 1. The van der Waals surface area contributed by atoms with Crippen molar-refractivity contribution in [2.24, 2.45) is 5.41 Å². The number of hydrogen-bond acceptors (Lipinski definition) is 3. The van der Waals surface area contributed by atoms with Gasteiger partial charge in [-0.2, -0.15) is 0 Å². The predicted octanol–water partition coefficient (Wildman–Crippen LogP) is 6.07. The molecule has 2 atom stereocenters. The third-order valence-corrected chi connectivity index (χ3v) is 7.45. The van der Waals surface area contributed by atoms with Crippen LogP contribution in [-0.2, 0) is 13.1 Å². The minimum Gasteiger partial charge on any atom is -0.478 e. The summed E-state index contributed by atoms with van der Waals surface area (Å²) < 4.78 is 0. The van der Waals surface area contributed by atoms with Gasteiger partial charge in [0.2, 0.25) is 0 Å². The highest BCUT2D eigenvalue weighted by atomic mass is 16.4. The van der Waals surface area contributed by atoms with E-state index >= 15 is 0 Å². The molecule has 1 aliphatic carbocycles. The van der Waals surface area contributed by atoms with E-state index in [1.54, 1.807) is 12.1 Å². The molecular weight excluding hydrogens is 408 g/mol. The van der Waals surface area contributed by atoms with Crippen LogP contribution in [0.4, 0.5) is 0 Å². The molecule has 0 amide bonds. The Morgan fingerprint density at radius 2 is 1.52 bits per heavy atom. The van der Waals surface area contributed by atoms with Crippen molar-refractivity contribution < 1.29 is 9.90 Å². The van der Waals surface area contributed by atoms with Crippen LogP contribution in [0.3, 0.4) is 0 Å². The molecule has 33 heavy (non-hydrogen) atoms. The van der Waals surface area contributed by atoms with Gasteiger partial charge in [-0.1, -0.05) is 56.3 Å². The topological polar surface area (TPSA) is 43.8 Å². The molecule has 1 saturated heterocycles. The average molecular weight is 447 g/mol. The average Bonchev–Trinajstić information content (AvgIpc) is 2.77. The Balaban J connectivity index is 1.33. The molecule has 4 rings (SSSR count). The fourth-order valence-electron chi connectivity index (χ4n) is 5.29. The molecule has 0 spiro atoms. The smallest absolute Gasteiger partial charge is 0.335 e. The van der Waals surface area contributed by atoms with Gasteiger partial charge in [0.1, 0.15) is 0 Å². The molecule has 0 bridgehead atoms. The van der Waals surface area contributed by atoms with Crippen molar-refractivity contribution in [3.8, 4) is 0 Å². The van der Waals surface area contributed by atoms with E-state index in [-0.39, 0.29) is 0 Å². The van der Waals surface area contributed by atoms with Gasteiger partial charge >= 0.3 is 5.97 Å². The van der Waals surface area contributed by atoms with E-state index in [0.717, 1.165) is 26.2 Å². The Labute approximate surface area is 198 Å². The fraction of sp³-hybridized carbons (Fsp3) is 0.483. The summed E-state index contributed by atoms with van der Waals surface area (Å²) in [6.45, 7) is 13.3. The number of carboxylic acids is 1. The lowest BCUT2D eigenvalue weighted by atomic mass is 9.77. The minimum atomic E-state index is -0.871. The lowest BCUT2D eigenvalue weighted by molar-refractivity contribution is 0.0290. The highest BCUT2D eigenvalue weighted by molar-refractivity contribution is 5.87. The molecule has 1 heterocycles. The van der Waals surface area contributed by atoms with Crippen LogP contribution in [0.25, 0.3) is 5.57 Å². The van der Waals surface area contributed by atoms with Crippen molar-refractivity contribution in [3.05, 3.63) is 76.9 Å². The zero-order valence-electron chi connectivity index (χ0n) is 20.6. The second-order valence-electron chi connectivity index (χ2n) is 10.9. The summed E-state index contributed by atoms with van der Waals surface area (Å²) in [5, 5.41) is 9.11. The molecule has 0 unspecified atom stereocenters. The molecule has 1 fully saturated rings. The molecule has 2 aromatic rings. The number of aromatic carboxylic acids is 1. The first kappa shape index (κ1) is 23.7. The maximum absolute atomic E-state index is 11.1. The van der Waals surface area contributed by atoms with Crippen molar-refractivity contribution in [2.45, 2.75) is 72.1 Å². The van der Waals surface area contributed by atoms with Crippen molar-refractivity contribution >= 4 is 11.5 Å². The van der Waals surface area contributed by atoms with E-state index in [1.165, 1.54) is 41.5 Å². The largest absolute Gasteiger partial charge is 0.478 e. The summed E-state index contributed by atoms with van der Waals surface area (Å²) in [5.74, 6) is -0.871. The van der Waals surface area contributed by atoms with Gasteiger partial charge in [0.05, 0.1) is 5.56 Å². The summed E-state index contributed by atoms with van der Waals surface area (Å²) in [6, 6.07) is 17.4. The van der Waals surface area contributed by atoms with Gasteiger partial charge in [-0.15, -0.1) is 0 Å². The van der Waals surface area contributed by atoms with E-state index in [2.05, 4.69) is 67.8 Å². The molecule has 0 saturated carbocycles. The second-order valence-corrected chi connectivity index (χ2v) is 10.9. The molecule has 176 valence electrons. The first-order valence-electron chi connectivity index (χ1n) is 12.3. The van der Waals surface area contributed by atoms with Crippen molar-refractivity contribution in [3.63, 3.8) is 0 Å². The van der Waals surface area contributed by atoms with Gasteiger partial charge < -0.3 is 5.11 Å². The quantitative estimate of drug-likeness (QED) is 0.585. The number of rotatable bonds is 6. The maximum atomic E-state index is 11.1. The van der Waals surface area contributed by atoms with Crippen LogP contribution in [-0.4, -0.2) is 46.0 Å². The molecule has 0 radical (unpaired) electrons. The molecule has 4 heteroatoms. The molecule has 0 aromatic heterocycles. The van der Waals surface area contributed by atoms with E-state index in [0.29, 0.717) is 23.1 Å². The third-order valence-electron chi connectivity index (χ3n) is 7.45. The zero-order chi connectivity index (χ0) is 23.6. The summed E-state index contributed by atoms with van der Waals surface area (Å²) in [4.78, 5) is 16.2. The number of hydrogen-bond donors (Lipinski definition) is 1. The maximum Gasteiger partial charge on any atom is 0.335 e. The number of carboxylic acid groups (broad SMARTS) is 1. The Kier molecular flexibility index (Phi) is 7.06. The molecule has 4 nitrogen and oxygen atoms in total. The van der Waals surface area contributed by atoms with E-state index in [4.69, 9.17) is 5.11 Å². The van der Waals surface area contributed by atoms with Crippen LogP contribution < -0.4 is 0 Å². The Morgan fingerprint density at radius 3 is 2.06 bits per heavy atom. The number of allylic oxidation sites excluding steroid dienone is 2. The number of carbonyl (C=O) groups is 1. The van der Waals surface area contributed by atoms with Gasteiger partial charge in [-0.3, -0.25) is 9.80 Å². The Morgan fingerprint density at radius 1 is 0.939 bits per heavy atom. The van der Waals surface area contributed by atoms with E-state index in [9.17, 15) is 4.79 Å². The number of benzene rings is 2. The Bertz CT molecular complexity index is 979. The number of nitrogens with zero attached hydrogens (tertiary/aromatic N) is 2. The highest BCUT2D eigenvalue weighted by Crippen LogP contribution is 2.37. The zero-order valence-corrected chi connectivity index (χ0v) is 20.6. The second kappa shape index (κ2) is 9.82. The summed E-state index contributed by atoms with van der Waals surface area (Å²) in [5.41, 5.74) is 6.24. The molecular formula is C29H38N2O2. The lowest BCUT2D eigenvalue weighted by Gasteiger charge is -2.44. The van der Waals surface area contributed by atoms with Gasteiger partial charge in [0, 0.05) is 38.3 Å². The molecule has 1 aliphatic heterocycles. The summed E-state index contributed by atoms with van der Waals surface area (Å²) >= 11 is 0. The standard InChI is InChI=1S/C29H38N2O2/c1-21-17-30(18-22(2)31(21)20-24-7-11-27(12-8-24)28(32)33)19-23-5-9-25(10-6-23)26-13-15-29(3,4)16-14-26/h5-13,21-22H,14-20H2,1-4H3,(H,32,33)/t21-,22+. The van der Waals surface area contributed by atoms with Gasteiger partial charge in [0.15, 0.2) is 0 Å². The molecule has 2 aliphatic rings. The monoisotopic (exact) mass is 446 g/mol. The third kappa shape index (κ3) is 5.93. The first-order valence-corrected chi connectivity index (χ1v) is 12.3. The molecule has 1 N–H and O–H groups in total. The van der Waals surface area contributed by atoms with Crippen LogP contribution in [0.2, 0.25) is 0 Å². The Hall–Kier alpha value is -2.43. The molecule has 2 aromatic carbocycles.